The SMILES string of the molecule is CCn1ccnc1Cn1ccc(C(NC)C2CC2)c1. The number of nitrogens with one attached hydrogen (secondary N) is 1. The van der Waals surface area contributed by atoms with Crippen molar-refractivity contribution in [2.45, 2.75) is 38.9 Å². The highest BCUT2D eigenvalue weighted by Gasteiger charge is 2.31. The molecule has 0 saturated heterocycles. The molecule has 1 atom stereocenters. The van der Waals surface area contributed by atoms with Gasteiger partial charge in [0.25, 0.3) is 0 Å². The van der Waals surface area contributed by atoms with Crippen molar-refractivity contribution in [3.63, 3.8) is 0 Å². The Bertz CT molecular complexity index is 536. The molecule has 0 spiro atoms. The van der Waals surface area contributed by atoms with Crippen LogP contribution in [0.5, 0.6) is 0 Å². The molecule has 2 aromatic heterocycles. The van der Waals surface area contributed by atoms with Crippen LogP contribution < -0.4 is 5.32 Å². The zero-order valence-electron chi connectivity index (χ0n) is 11.7. The lowest BCUT2D eigenvalue weighted by Crippen LogP contribution is -2.17. The topological polar surface area (TPSA) is 34.8 Å². The van der Waals surface area contributed by atoms with Crippen molar-refractivity contribution in [1.29, 1.82) is 0 Å². The van der Waals surface area contributed by atoms with Crippen LogP contribution in [0.15, 0.2) is 30.9 Å². The minimum Gasteiger partial charge on any atom is -0.346 e. The van der Waals surface area contributed by atoms with Crippen LogP contribution in [0.4, 0.5) is 0 Å². The molecule has 1 fully saturated rings. The summed E-state index contributed by atoms with van der Waals surface area (Å²) in [6.45, 7) is 3.98. The number of hydrogen-bond acceptors (Lipinski definition) is 2. The molecule has 2 heterocycles. The number of rotatable bonds is 6. The fourth-order valence-corrected chi connectivity index (χ4v) is 2.79. The summed E-state index contributed by atoms with van der Waals surface area (Å²) in [5.41, 5.74) is 1.40. The summed E-state index contributed by atoms with van der Waals surface area (Å²) >= 11 is 0. The van der Waals surface area contributed by atoms with E-state index < -0.39 is 0 Å². The molecule has 2 aromatic rings. The summed E-state index contributed by atoms with van der Waals surface area (Å²) in [6, 6.07) is 2.76. The molecule has 0 aliphatic heterocycles. The Kier molecular flexibility index (Phi) is 3.42. The van der Waals surface area contributed by atoms with Crippen LogP contribution in [0.25, 0.3) is 0 Å². The van der Waals surface area contributed by atoms with E-state index in [1.165, 1.54) is 18.4 Å². The Balaban J connectivity index is 1.74. The van der Waals surface area contributed by atoms with Gasteiger partial charge in [-0.2, -0.15) is 0 Å². The first-order valence-electron chi connectivity index (χ1n) is 7.14. The van der Waals surface area contributed by atoms with Gasteiger partial charge in [0.1, 0.15) is 5.82 Å². The molecule has 1 aliphatic rings. The fraction of sp³-hybridized carbons (Fsp3) is 0.533. The first-order chi connectivity index (χ1) is 9.31. The minimum absolute atomic E-state index is 0.521. The highest BCUT2D eigenvalue weighted by atomic mass is 15.1. The molecule has 4 nitrogen and oxygen atoms in total. The maximum atomic E-state index is 4.43. The predicted molar refractivity (Wildman–Crippen MR) is 76.0 cm³/mol. The molecule has 4 heteroatoms. The molecule has 102 valence electrons. The van der Waals surface area contributed by atoms with E-state index in [1.54, 1.807) is 0 Å². The second-order valence-corrected chi connectivity index (χ2v) is 5.35. The van der Waals surface area contributed by atoms with Gasteiger partial charge in [0, 0.05) is 37.4 Å². The van der Waals surface area contributed by atoms with E-state index in [2.05, 4.69) is 51.9 Å². The molecule has 1 unspecified atom stereocenters. The summed E-state index contributed by atoms with van der Waals surface area (Å²) in [7, 11) is 2.06. The van der Waals surface area contributed by atoms with Crippen molar-refractivity contribution in [2.75, 3.05) is 7.05 Å². The molecule has 0 bridgehead atoms. The van der Waals surface area contributed by atoms with Crippen LogP contribution in [0.1, 0.15) is 37.2 Å². The van der Waals surface area contributed by atoms with Gasteiger partial charge in [-0.15, -0.1) is 0 Å². The monoisotopic (exact) mass is 258 g/mol. The molecule has 0 radical (unpaired) electrons. The van der Waals surface area contributed by atoms with Gasteiger partial charge in [0.05, 0.1) is 6.54 Å². The van der Waals surface area contributed by atoms with Crippen molar-refractivity contribution in [3.05, 3.63) is 42.2 Å². The maximum Gasteiger partial charge on any atom is 0.128 e. The number of nitrogens with zero attached hydrogens (tertiary/aromatic N) is 3. The molecule has 1 aliphatic carbocycles. The highest BCUT2D eigenvalue weighted by Crippen LogP contribution is 2.40. The predicted octanol–water partition coefficient (Wildman–Crippen LogP) is 2.42. The number of aromatic nitrogens is 3. The molecule has 3 rings (SSSR count). The fourth-order valence-electron chi connectivity index (χ4n) is 2.79. The lowest BCUT2D eigenvalue weighted by molar-refractivity contribution is 0.527. The molecule has 0 amide bonds. The Morgan fingerprint density at radius 2 is 2.26 bits per heavy atom. The Morgan fingerprint density at radius 1 is 1.42 bits per heavy atom. The second-order valence-electron chi connectivity index (χ2n) is 5.35. The van der Waals surface area contributed by atoms with Crippen LogP contribution in [0.3, 0.4) is 0 Å². The average molecular weight is 258 g/mol. The van der Waals surface area contributed by atoms with Crippen molar-refractivity contribution in [3.8, 4) is 0 Å². The Hall–Kier alpha value is -1.55. The van der Waals surface area contributed by atoms with Gasteiger partial charge in [-0.25, -0.2) is 4.98 Å². The van der Waals surface area contributed by atoms with Gasteiger partial charge in [0.2, 0.25) is 0 Å². The number of hydrogen-bond donors (Lipinski definition) is 1. The van der Waals surface area contributed by atoms with Gasteiger partial charge in [-0.05, 0) is 44.4 Å². The molecular weight excluding hydrogens is 236 g/mol. The van der Waals surface area contributed by atoms with Crippen LogP contribution in [-0.2, 0) is 13.1 Å². The van der Waals surface area contributed by atoms with Gasteiger partial charge in [-0.1, -0.05) is 0 Å². The number of imidazole rings is 1. The minimum atomic E-state index is 0.521. The molecule has 0 aromatic carbocycles. The quantitative estimate of drug-likeness (QED) is 0.863. The third kappa shape index (κ3) is 2.59. The lowest BCUT2D eigenvalue weighted by atomic mass is 10.1. The van der Waals surface area contributed by atoms with E-state index in [1.807, 2.05) is 12.4 Å². The second kappa shape index (κ2) is 5.21. The zero-order chi connectivity index (χ0) is 13.2. The molecule has 1 saturated carbocycles. The van der Waals surface area contributed by atoms with Gasteiger partial charge >= 0.3 is 0 Å². The third-order valence-electron chi connectivity index (χ3n) is 4.00. The Labute approximate surface area is 114 Å². The normalized spacial score (nSPS) is 16.7. The maximum absolute atomic E-state index is 4.43. The van der Waals surface area contributed by atoms with Gasteiger partial charge in [0.15, 0.2) is 0 Å². The standard InChI is InChI=1S/C15H22N4/c1-3-19-9-7-17-14(19)11-18-8-6-13(10-18)15(16-2)12-4-5-12/h6-10,12,15-16H,3-5,11H2,1-2H3. The van der Waals surface area contributed by atoms with Crippen LogP contribution in [0.2, 0.25) is 0 Å². The summed E-state index contributed by atoms with van der Waals surface area (Å²) in [5, 5.41) is 3.44. The van der Waals surface area contributed by atoms with E-state index in [-0.39, 0.29) is 0 Å². The first-order valence-corrected chi connectivity index (χ1v) is 7.14. The largest absolute Gasteiger partial charge is 0.346 e. The average Bonchev–Trinajstić information content (AvgIpc) is 2.98. The van der Waals surface area contributed by atoms with E-state index in [4.69, 9.17) is 0 Å². The molecular formula is C15H22N4. The van der Waals surface area contributed by atoms with Crippen LogP contribution >= 0.6 is 0 Å². The van der Waals surface area contributed by atoms with Crippen molar-refractivity contribution in [1.82, 2.24) is 19.4 Å². The molecule has 1 N–H and O–H groups in total. The third-order valence-corrected chi connectivity index (χ3v) is 4.00. The lowest BCUT2D eigenvalue weighted by Gasteiger charge is -2.13. The highest BCUT2D eigenvalue weighted by molar-refractivity contribution is 5.18. The summed E-state index contributed by atoms with van der Waals surface area (Å²) in [5.74, 6) is 1.95. The zero-order valence-corrected chi connectivity index (χ0v) is 11.7. The summed E-state index contributed by atoms with van der Waals surface area (Å²) in [6.07, 6.45) is 11.1. The van der Waals surface area contributed by atoms with Crippen LogP contribution in [0, 0.1) is 5.92 Å². The summed E-state index contributed by atoms with van der Waals surface area (Å²) < 4.78 is 4.42. The van der Waals surface area contributed by atoms with Crippen molar-refractivity contribution < 1.29 is 0 Å². The van der Waals surface area contributed by atoms with E-state index >= 15 is 0 Å². The first kappa shape index (κ1) is 12.5. The van der Waals surface area contributed by atoms with Crippen molar-refractivity contribution >= 4 is 0 Å². The van der Waals surface area contributed by atoms with E-state index in [9.17, 15) is 0 Å². The van der Waals surface area contributed by atoms with Crippen molar-refractivity contribution in [2.24, 2.45) is 5.92 Å². The summed E-state index contributed by atoms with van der Waals surface area (Å²) in [4.78, 5) is 4.43. The van der Waals surface area contributed by atoms with Gasteiger partial charge < -0.3 is 14.5 Å². The smallest absolute Gasteiger partial charge is 0.128 e. The molecule has 19 heavy (non-hydrogen) atoms. The number of aryl methyl sites for hydroxylation is 1. The van der Waals surface area contributed by atoms with Crippen LogP contribution in [-0.4, -0.2) is 21.2 Å². The van der Waals surface area contributed by atoms with E-state index in [0.717, 1.165) is 24.8 Å². The van der Waals surface area contributed by atoms with Gasteiger partial charge in [-0.3, -0.25) is 0 Å². The Morgan fingerprint density at radius 3 is 2.95 bits per heavy atom. The van der Waals surface area contributed by atoms with E-state index in [0.29, 0.717) is 6.04 Å².